The predicted molar refractivity (Wildman–Crippen MR) is 115 cm³/mol. The highest BCUT2D eigenvalue weighted by Crippen LogP contribution is 2.14. The zero-order chi connectivity index (χ0) is 19.7. The highest BCUT2D eigenvalue weighted by atomic mass is 16.4. The van der Waals surface area contributed by atoms with Gasteiger partial charge < -0.3 is 8.83 Å². The fourth-order valence-corrected chi connectivity index (χ4v) is 3.43. The average Bonchev–Trinajstić information content (AvgIpc) is 3.37. The number of hydrogen-bond acceptors (Lipinski definition) is 4. The maximum absolute atomic E-state index is 5.61. The molecule has 0 aliphatic rings. The van der Waals surface area contributed by atoms with E-state index in [9.17, 15) is 0 Å². The third kappa shape index (κ3) is 10.5. The van der Waals surface area contributed by atoms with Crippen LogP contribution in [0.5, 0.6) is 0 Å². The summed E-state index contributed by atoms with van der Waals surface area (Å²) >= 11 is 0. The molecule has 2 aromatic rings. The first kappa shape index (κ1) is 22.4. The molecule has 0 saturated carbocycles. The summed E-state index contributed by atoms with van der Waals surface area (Å²) in [5.74, 6) is 2.01. The quantitative estimate of drug-likeness (QED) is 0.261. The first-order chi connectivity index (χ1) is 13.9. The van der Waals surface area contributed by atoms with Crippen molar-refractivity contribution in [3.8, 4) is 0 Å². The van der Waals surface area contributed by atoms with Crippen LogP contribution in [0.25, 0.3) is 6.08 Å². The second-order valence-electron chi connectivity index (χ2n) is 7.72. The fraction of sp³-hybridized carbons (Fsp3) is 0.667. The van der Waals surface area contributed by atoms with E-state index in [1.54, 1.807) is 6.26 Å². The molecule has 0 atom stereocenters. The fourth-order valence-electron chi connectivity index (χ4n) is 3.43. The van der Waals surface area contributed by atoms with Gasteiger partial charge in [0.1, 0.15) is 5.76 Å². The van der Waals surface area contributed by atoms with Gasteiger partial charge in [-0.3, -0.25) is 0 Å². The van der Waals surface area contributed by atoms with Gasteiger partial charge in [-0.25, -0.2) is 0 Å². The van der Waals surface area contributed by atoms with Crippen molar-refractivity contribution in [1.82, 2.24) is 10.2 Å². The first-order valence-corrected chi connectivity index (χ1v) is 11.4. The number of allylic oxidation sites excluding steroid dienone is 1. The monoisotopic (exact) mass is 386 g/mol. The van der Waals surface area contributed by atoms with E-state index >= 15 is 0 Å². The molecule has 0 aliphatic carbocycles. The molecule has 0 N–H and O–H groups in total. The standard InChI is InChI=1S/C24H38N2O2/c1-2-3-4-5-6-7-8-9-10-11-12-13-14-15-16-19-23-25-26-24(28-23)21-22-18-17-20-27-22/h16-20H,2-15,21H2,1H3/b19-16+. The Morgan fingerprint density at radius 1 is 0.821 bits per heavy atom. The van der Waals surface area contributed by atoms with E-state index < -0.39 is 0 Å². The molecule has 0 unspecified atom stereocenters. The molecular formula is C24H38N2O2. The lowest BCUT2D eigenvalue weighted by Gasteiger charge is -2.02. The highest BCUT2D eigenvalue weighted by Gasteiger charge is 2.06. The molecule has 0 amide bonds. The molecule has 0 radical (unpaired) electrons. The number of aromatic nitrogens is 2. The van der Waals surface area contributed by atoms with Gasteiger partial charge >= 0.3 is 0 Å². The zero-order valence-corrected chi connectivity index (χ0v) is 17.7. The molecule has 2 rings (SSSR count). The van der Waals surface area contributed by atoms with E-state index in [0.29, 0.717) is 18.2 Å². The molecule has 0 bridgehead atoms. The van der Waals surface area contributed by atoms with Crippen molar-refractivity contribution in [2.75, 3.05) is 0 Å². The van der Waals surface area contributed by atoms with Crippen LogP contribution in [0, 0.1) is 0 Å². The lowest BCUT2D eigenvalue weighted by atomic mass is 10.0. The topological polar surface area (TPSA) is 52.1 Å². The summed E-state index contributed by atoms with van der Waals surface area (Å²) in [5, 5.41) is 8.11. The smallest absolute Gasteiger partial charge is 0.240 e. The van der Waals surface area contributed by atoms with Crippen molar-refractivity contribution >= 4 is 6.08 Å². The second-order valence-corrected chi connectivity index (χ2v) is 7.72. The Kier molecular flexibility index (Phi) is 12.1. The molecule has 2 aromatic heterocycles. The van der Waals surface area contributed by atoms with Crippen LogP contribution in [0.2, 0.25) is 0 Å². The van der Waals surface area contributed by atoms with Crippen molar-refractivity contribution in [3.63, 3.8) is 0 Å². The van der Waals surface area contributed by atoms with E-state index in [4.69, 9.17) is 8.83 Å². The van der Waals surface area contributed by atoms with Crippen LogP contribution < -0.4 is 0 Å². The van der Waals surface area contributed by atoms with E-state index in [0.717, 1.165) is 12.2 Å². The van der Waals surface area contributed by atoms with Gasteiger partial charge in [0.25, 0.3) is 0 Å². The number of unbranched alkanes of at least 4 members (excludes halogenated alkanes) is 13. The van der Waals surface area contributed by atoms with E-state index in [1.807, 2.05) is 18.2 Å². The SMILES string of the molecule is CCCCCCCCCCCCCCC/C=C/c1nnc(Cc2ccco2)o1. The lowest BCUT2D eigenvalue weighted by Crippen LogP contribution is -1.84. The molecule has 0 aliphatic heterocycles. The second kappa shape index (κ2) is 15.1. The Hall–Kier alpha value is -1.84. The third-order valence-corrected chi connectivity index (χ3v) is 5.12. The molecule has 0 fully saturated rings. The van der Waals surface area contributed by atoms with Crippen molar-refractivity contribution in [2.45, 2.75) is 103 Å². The Morgan fingerprint density at radius 2 is 1.46 bits per heavy atom. The van der Waals surface area contributed by atoms with E-state index in [2.05, 4.69) is 23.2 Å². The minimum absolute atomic E-state index is 0.548. The van der Waals surface area contributed by atoms with Crippen molar-refractivity contribution in [2.24, 2.45) is 0 Å². The van der Waals surface area contributed by atoms with E-state index in [-0.39, 0.29) is 0 Å². The minimum atomic E-state index is 0.548. The Morgan fingerprint density at radius 3 is 2.07 bits per heavy atom. The first-order valence-electron chi connectivity index (χ1n) is 11.4. The summed E-state index contributed by atoms with van der Waals surface area (Å²) in [7, 11) is 0. The molecule has 28 heavy (non-hydrogen) atoms. The number of furan rings is 1. The van der Waals surface area contributed by atoms with Crippen LogP contribution in [0.3, 0.4) is 0 Å². The Labute approximate surface area is 170 Å². The summed E-state index contributed by atoms with van der Waals surface area (Å²) in [5.41, 5.74) is 0. The maximum Gasteiger partial charge on any atom is 0.240 e. The summed E-state index contributed by atoms with van der Waals surface area (Å²) in [6.07, 6.45) is 25.4. The summed E-state index contributed by atoms with van der Waals surface area (Å²) in [6, 6.07) is 3.77. The molecule has 4 heteroatoms. The van der Waals surface area contributed by atoms with Crippen molar-refractivity contribution in [3.05, 3.63) is 42.0 Å². The van der Waals surface area contributed by atoms with Crippen LogP contribution in [-0.4, -0.2) is 10.2 Å². The number of nitrogens with zero attached hydrogens (tertiary/aromatic N) is 2. The molecular weight excluding hydrogens is 348 g/mol. The molecule has 2 heterocycles. The Balaban J connectivity index is 1.39. The maximum atomic E-state index is 5.61. The number of hydrogen-bond donors (Lipinski definition) is 0. The molecule has 4 nitrogen and oxygen atoms in total. The molecule has 156 valence electrons. The van der Waals surface area contributed by atoms with Crippen LogP contribution >= 0.6 is 0 Å². The van der Waals surface area contributed by atoms with Crippen molar-refractivity contribution < 1.29 is 8.83 Å². The third-order valence-electron chi connectivity index (χ3n) is 5.12. The van der Waals surface area contributed by atoms with Crippen molar-refractivity contribution in [1.29, 1.82) is 0 Å². The lowest BCUT2D eigenvalue weighted by molar-refractivity contribution is 0.460. The van der Waals surface area contributed by atoms with Gasteiger partial charge in [0, 0.05) is 0 Å². The summed E-state index contributed by atoms with van der Waals surface area (Å²) in [4.78, 5) is 0. The van der Waals surface area contributed by atoms with Crippen LogP contribution in [0.15, 0.2) is 33.3 Å². The van der Waals surface area contributed by atoms with Gasteiger partial charge in [0.15, 0.2) is 0 Å². The largest absolute Gasteiger partial charge is 0.469 e. The van der Waals surface area contributed by atoms with E-state index in [1.165, 1.54) is 83.5 Å². The molecule has 0 aromatic carbocycles. The minimum Gasteiger partial charge on any atom is -0.469 e. The number of rotatable bonds is 17. The van der Waals surface area contributed by atoms with Crippen LogP contribution in [0.1, 0.15) is 114 Å². The predicted octanol–water partition coefficient (Wildman–Crippen LogP) is 7.75. The summed E-state index contributed by atoms with van der Waals surface area (Å²) in [6.45, 7) is 2.28. The Bertz CT molecular complexity index is 616. The van der Waals surface area contributed by atoms with Gasteiger partial charge in [-0.2, -0.15) is 0 Å². The summed E-state index contributed by atoms with van der Waals surface area (Å²) < 4.78 is 10.9. The molecule has 0 spiro atoms. The average molecular weight is 387 g/mol. The zero-order valence-electron chi connectivity index (χ0n) is 17.7. The van der Waals surface area contributed by atoms with Gasteiger partial charge in [-0.1, -0.05) is 90.0 Å². The van der Waals surface area contributed by atoms with Gasteiger partial charge in [-0.15, -0.1) is 10.2 Å². The highest BCUT2D eigenvalue weighted by molar-refractivity contribution is 5.36. The van der Waals surface area contributed by atoms with Crippen LogP contribution in [0.4, 0.5) is 0 Å². The van der Waals surface area contributed by atoms with Crippen LogP contribution in [-0.2, 0) is 6.42 Å². The van der Waals surface area contributed by atoms with Gasteiger partial charge in [-0.05, 0) is 31.1 Å². The molecule has 0 saturated heterocycles. The normalized spacial score (nSPS) is 11.6. The van der Waals surface area contributed by atoms with Gasteiger partial charge in [0.2, 0.25) is 11.8 Å². The van der Waals surface area contributed by atoms with Gasteiger partial charge in [0.05, 0.1) is 12.7 Å².